The van der Waals surface area contributed by atoms with Crippen LogP contribution in [0.5, 0.6) is 5.88 Å². The van der Waals surface area contributed by atoms with Crippen molar-refractivity contribution < 1.29 is 18.3 Å². The van der Waals surface area contributed by atoms with Crippen LogP contribution < -0.4 is 4.74 Å². The molecule has 0 N–H and O–H groups in total. The van der Waals surface area contributed by atoms with Crippen molar-refractivity contribution in [3.05, 3.63) is 59.0 Å². The Balaban J connectivity index is 0.000000463. The van der Waals surface area contributed by atoms with Crippen molar-refractivity contribution in [1.82, 2.24) is 19.4 Å². The van der Waals surface area contributed by atoms with Gasteiger partial charge in [-0.15, -0.1) is 0 Å². The second kappa shape index (κ2) is 13.7. The summed E-state index contributed by atoms with van der Waals surface area (Å²) in [6, 6.07) is 6.07. The van der Waals surface area contributed by atoms with Gasteiger partial charge in [-0.3, -0.25) is 9.36 Å². The van der Waals surface area contributed by atoms with Gasteiger partial charge < -0.3 is 9.64 Å². The minimum absolute atomic E-state index is 0.136. The third kappa shape index (κ3) is 6.94. The van der Waals surface area contributed by atoms with Crippen LogP contribution >= 0.6 is 0 Å². The largest absolute Gasteiger partial charge is 0.479 e. The van der Waals surface area contributed by atoms with Gasteiger partial charge in [-0.05, 0) is 58.0 Å². The summed E-state index contributed by atoms with van der Waals surface area (Å²) in [4.78, 5) is 22.0. The molecular weight excluding hydrogens is 450 g/mol. The number of carbonyl (C=O) groups is 1. The molecule has 0 spiro atoms. The number of aryl methyl sites for hydroxylation is 1. The van der Waals surface area contributed by atoms with Gasteiger partial charge >= 0.3 is 0 Å². The van der Waals surface area contributed by atoms with Gasteiger partial charge in [0.25, 0.3) is 0 Å². The lowest BCUT2D eigenvalue weighted by molar-refractivity contribution is 0.111. The van der Waals surface area contributed by atoms with E-state index in [0.717, 1.165) is 6.42 Å². The van der Waals surface area contributed by atoms with Crippen molar-refractivity contribution in [2.24, 2.45) is 0 Å². The van der Waals surface area contributed by atoms with E-state index in [0.29, 0.717) is 41.0 Å². The summed E-state index contributed by atoms with van der Waals surface area (Å²) < 4.78 is 35.0. The predicted molar refractivity (Wildman–Crippen MR) is 135 cm³/mol. The Bertz CT molecular complexity index is 1110. The zero-order valence-electron chi connectivity index (χ0n) is 21.6. The number of rotatable bonds is 6. The van der Waals surface area contributed by atoms with Crippen LogP contribution in [-0.4, -0.2) is 53.0 Å². The number of ether oxygens (including phenoxy) is 1. The third-order valence-corrected chi connectivity index (χ3v) is 5.66. The molecule has 0 bridgehead atoms. The molecule has 6 nitrogen and oxygen atoms in total. The smallest absolute Gasteiger partial charge is 0.250 e. The van der Waals surface area contributed by atoms with E-state index in [1.165, 1.54) is 51.4 Å². The molecule has 1 aliphatic heterocycles. The van der Waals surface area contributed by atoms with Crippen molar-refractivity contribution in [2.45, 2.75) is 53.4 Å². The minimum atomic E-state index is -0.647. The minimum Gasteiger partial charge on any atom is -0.479 e. The monoisotopic (exact) mass is 486 g/mol. The van der Waals surface area contributed by atoms with E-state index in [9.17, 15) is 13.6 Å². The molecule has 190 valence electrons. The molecule has 0 atom stereocenters. The number of hydrogen-bond donors (Lipinski definition) is 0. The molecule has 1 aliphatic rings. The molecule has 0 saturated carbocycles. The molecule has 1 aromatic carbocycles. The number of methoxy groups -OCH3 is 1. The highest BCUT2D eigenvalue weighted by atomic mass is 19.1. The molecular formula is C27H36F2N4O2. The second-order valence-electron chi connectivity index (χ2n) is 8.11. The first-order valence-corrected chi connectivity index (χ1v) is 12.1. The van der Waals surface area contributed by atoms with E-state index in [2.05, 4.69) is 21.9 Å². The fraction of sp³-hybridized carbons (Fsp3) is 0.444. The van der Waals surface area contributed by atoms with E-state index in [1.54, 1.807) is 23.6 Å². The topological polar surface area (TPSA) is 60.3 Å². The molecule has 3 heterocycles. The number of benzene rings is 1. The van der Waals surface area contributed by atoms with Crippen molar-refractivity contribution in [1.29, 1.82) is 0 Å². The highest BCUT2D eigenvalue weighted by Crippen LogP contribution is 2.28. The zero-order chi connectivity index (χ0) is 26.0. The lowest BCUT2D eigenvalue weighted by Crippen LogP contribution is -2.10. The van der Waals surface area contributed by atoms with Crippen LogP contribution in [-0.2, 0) is 6.42 Å². The van der Waals surface area contributed by atoms with Gasteiger partial charge in [0.15, 0.2) is 12.1 Å². The Morgan fingerprint density at radius 2 is 1.80 bits per heavy atom. The van der Waals surface area contributed by atoms with Crippen molar-refractivity contribution in [3.63, 3.8) is 0 Å². The molecule has 8 heteroatoms. The van der Waals surface area contributed by atoms with Crippen molar-refractivity contribution in [3.8, 4) is 23.0 Å². The number of imidazole rings is 1. The van der Waals surface area contributed by atoms with E-state index in [-0.39, 0.29) is 17.4 Å². The van der Waals surface area contributed by atoms with E-state index in [4.69, 9.17) is 4.74 Å². The number of aldehydes is 1. The molecule has 4 rings (SSSR count). The molecule has 1 saturated heterocycles. The van der Waals surface area contributed by atoms with Gasteiger partial charge in [0.05, 0.1) is 24.7 Å². The van der Waals surface area contributed by atoms with Gasteiger partial charge in [-0.25, -0.2) is 18.7 Å². The number of nitrogens with zero attached hydrogens (tertiary/aromatic N) is 4. The average Bonchev–Trinajstić information content (AvgIpc) is 3.48. The van der Waals surface area contributed by atoms with E-state index >= 15 is 0 Å². The third-order valence-electron chi connectivity index (χ3n) is 5.66. The Hall–Kier alpha value is -3.13. The van der Waals surface area contributed by atoms with Gasteiger partial charge in [0, 0.05) is 11.6 Å². The summed E-state index contributed by atoms with van der Waals surface area (Å²) >= 11 is 0. The van der Waals surface area contributed by atoms with Crippen LogP contribution in [0.2, 0.25) is 0 Å². The molecule has 0 aliphatic carbocycles. The first kappa shape index (κ1) is 28.1. The van der Waals surface area contributed by atoms with Crippen molar-refractivity contribution >= 4 is 6.29 Å². The summed E-state index contributed by atoms with van der Waals surface area (Å²) in [5, 5.41) is 0. The van der Waals surface area contributed by atoms with Gasteiger partial charge in [0.1, 0.15) is 17.3 Å². The zero-order valence-corrected chi connectivity index (χ0v) is 21.6. The highest BCUT2D eigenvalue weighted by molar-refractivity contribution is 5.77. The lowest BCUT2D eigenvalue weighted by atomic mass is 10.1. The Morgan fingerprint density at radius 3 is 2.29 bits per heavy atom. The first-order valence-electron chi connectivity index (χ1n) is 12.1. The first-order chi connectivity index (χ1) is 16.9. The fourth-order valence-corrected chi connectivity index (χ4v) is 3.86. The Labute approximate surface area is 207 Å². The molecule has 1 fully saturated rings. The number of carbonyl (C=O) groups excluding carboxylic acids is 1. The molecule has 3 aromatic rings. The van der Waals surface area contributed by atoms with Gasteiger partial charge in [-0.2, -0.15) is 0 Å². The standard InChI is InChI=1S/C20H19F2N3O2.C5H11N.C2H6/c1-4-5-13-6-7-14(8-16(13)21)19-24-18(11-26)12(2)25(19)15-9-17(22)20(27-3)23-10-15;1-6-4-2-3-5-6;1-2/h6-11H,4-5H2,1-3H3;2-5H2,1H3;1-2H3. The predicted octanol–water partition coefficient (Wildman–Crippen LogP) is 6.03. The van der Waals surface area contributed by atoms with Crippen LogP contribution in [0.4, 0.5) is 8.78 Å². The van der Waals surface area contributed by atoms with Crippen LogP contribution in [0, 0.1) is 18.6 Å². The van der Waals surface area contributed by atoms with E-state index < -0.39 is 5.82 Å². The highest BCUT2D eigenvalue weighted by Gasteiger charge is 2.19. The summed E-state index contributed by atoms with van der Waals surface area (Å²) in [5.74, 6) is -0.786. The maximum atomic E-state index is 14.4. The maximum absolute atomic E-state index is 14.4. The summed E-state index contributed by atoms with van der Waals surface area (Å²) in [6.07, 6.45) is 6.32. The quantitative estimate of drug-likeness (QED) is 0.398. The summed E-state index contributed by atoms with van der Waals surface area (Å²) in [5.41, 5.74) is 2.16. The Kier molecular flexibility index (Phi) is 11.0. The van der Waals surface area contributed by atoms with Gasteiger partial charge in [0.2, 0.25) is 5.88 Å². The normalized spacial score (nSPS) is 12.9. The number of halogens is 2. The molecule has 0 unspecified atom stereocenters. The maximum Gasteiger partial charge on any atom is 0.250 e. The summed E-state index contributed by atoms with van der Waals surface area (Å²) in [6.45, 7) is 10.3. The van der Waals surface area contributed by atoms with Crippen LogP contribution in [0.3, 0.4) is 0 Å². The fourth-order valence-electron chi connectivity index (χ4n) is 3.86. The lowest BCUT2D eigenvalue weighted by Gasteiger charge is -2.12. The molecule has 0 amide bonds. The Morgan fingerprint density at radius 1 is 1.11 bits per heavy atom. The van der Waals surface area contributed by atoms with E-state index in [1.807, 2.05) is 20.8 Å². The average molecular weight is 487 g/mol. The SMILES string of the molecule is CC.CCCc1ccc(-c2nc(C=O)c(C)n2-c2cnc(OC)c(F)c2)cc1F.CN1CCCC1. The number of pyridine rings is 1. The second-order valence-corrected chi connectivity index (χ2v) is 8.11. The molecule has 35 heavy (non-hydrogen) atoms. The van der Waals surface area contributed by atoms with Crippen LogP contribution in [0.1, 0.15) is 61.8 Å². The van der Waals surface area contributed by atoms with Gasteiger partial charge in [-0.1, -0.05) is 39.3 Å². The number of hydrogen-bond acceptors (Lipinski definition) is 5. The van der Waals surface area contributed by atoms with Crippen LogP contribution in [0.25, 0.3) is 17.1 Å². The summed E-state index contributed by atoms with van der Waals surface area (Å²) in [7, 11) is 3.50. The number of aromatic nitrogens is 3. The molecule has 0 radical (unpaired) electrons. The van der Waals surface area contributed by atoms with Crippen LogP contribution in [0.15, 0.2) is 30.5 Å². The number of likely N-dealkylation sites (tertiary alicyclic amines) is 1. The molecule has 2 aromatic heterocycles. The van der Waals surface area contributed by atoms with Crippen molar-refractivity contribution in [2.75, 3.05) is 27.2 Å².